The van der Waals surface area contributed by atoms with Crippen molar-refractivity contribution in [2.45, 2.75) is 36.0 Å². The maximum absolute atomic E-state index is 5.57. The second kappa shape index (κ2) is 9.08. The molecule has 0 aromatic heterocycles. The minimum atomic E-state index is 0.814. The zero-order valence-corrected chi connectivity index (χ0v) is 18.6. The number of anilines is 4. The Kier molecular flexibility index (Phi) is 6.07. The molecule has 0 unspecified atom stereocenters. The Labute approximate surface area is 183 Å². The summed E-state index contributed by atoms with van der Waals surface area (Å²) in [4.78, 5) is 7.56. The van der Waals surface area contributed by atoms with Crippen molar-refractivity contribution >= 4 is 34.5 Å². The normalized spacial score (nSPS) is 18.6. The number of rotatable bonds is 5. The summed E-state index contributed by atoms with van der Waals surface area (Å²) in [5, 5.41) is 3.77. The standard InChI is InChI=1S/C24H31N3O2S/c1-2-3-4-18-15-20(27-9-13-29-14-10-27)17-23-24(18)25-21-6-5-19(16-22(21)30-23)26-7-11-28-12-8-26/h5-6,15-17,25H,2-4,7-14H2,1H3. The molecule has 2 aromatic carbocycles. The third-order valence-corrected chi connectivity index (χ3v) is 7.27. The van der Waals surface area contributed by atoms with Gasteiger partial charge in [0.2, 0.25) is 0 Å². The van der Waals surface area contributed by atoms with Crippen LogP contribution in [-0.2, 0) is 15.9 Å². The van der Waals surface area contributed by atoms with Crippen molar-refractivity contribution in [2.75, 3.05) is 67.7 Å². The Bertz CT molecular complexity index is 892. The number of nitrogens with one attached hydrogen (secondary N) is 1. The number of fused-ring (bicyclic) bond motifs is 2. The minimum absolute atomic E-state index is 0.814. The Morgan fingerprint density at radius 3 is 2.23 bits per heavy atom. The molecule has 5 rings (SSSR count). The fourth-order valence-electron chi connectivity index (χ4n) is 4.42. The molecule has 0 bridgehead atoms. The van der Waals surface area contributed by atoms with Crippen LogP contribution in [0.2, 0.25) is 0 Å². The van der Waals surface area contributed by atoms with Crippen molar-refractivity contribution < 1.29 is 9.47 Å². The van der Waals surface area contributed by atoms with Gasteiger partial charge >= 0.3 is 0 Å². The van der Waals surface area contributed by atoms with Crippen LogP contribution in [0.5, 0.6) is 0 Å². The molecule has 0 amide bonds. The summed E-state index contributed by atoms with van der Waals surface area (Å²) in [7, 11) is 0. The van der Waals surface area contributed by atoms with Crippen molar-refractivity contribution in [3.8, 4) is 0 Å². The first-order chi connectivity index (χ1) is 14.8. The van der Waals surface area contributed by atoms with Gasteiger partial charge in [0.05, 0.1) is 37.8 Å². The summed E-state index contributed by atoms with van der Waals surface area (Å²) >= 11 is 1.91. The Morgan fingerprint density at radius 2 is 1.53 bits per heavy atom. The third-order valence-electron chi connectivity index (χ3n) is 6.17. The molecule has 30 heavy (non-hydrogen) atoms. The van der Waals surface area contributed by atoms with E-state index in [0.717, 1.165) is 59.0 Å². The van der Waals surface area contributed by atoms with Crippen molar-refractivity contribution in [3.05, 3.63) is 35.9 Å². The van der Waals surface area contributed by atoms with Crippen LogP contribution in [-0.4, -0.2) is 52.6 Å². The summed E-state index contributed by atoms with van der Waals surface area (Å²) in [6.07, 6.45) is 3.54. The van der Waals surface area contributed by atoms with Gasteiger partial charge in [-0.1, -0.05) is 25.1 Å². The number of ether oxygens (including phenoxy) is 2. The van der Waals surface area contributed by atoms with Gasteiger partial charge in [0, 0.05) is 47.3 Å². The molecule has 0 atom stereocenters. The highest BCUT2D eigenvalue weighted by atomic mass is 32.2. The van der Waals surface area contributed by atoms with E-state index >= 15 is 0 Å². The van der Waals surface area contributed by atoms with Gasteiger partial charge < -0.3 is 24.6 Å². The first kappa shape index (κ1) is 20.0. The van der Waals surface area contributed by atoms with Gasteiger partial charge in [-0.15, -0.1) is 0 Å². The first-order valence-corrected chi connectivity index (χ1v) is 12.0. The van der Waals surface area contributed by atoms with Crippen molar-refractivity contribution in [3.63, 3.8) is 0 Å². The average molecular weight is 426 g/mol. The molecule has 5 nitrogen and oxygen atoms in total. The average Bonchev–Trinajstić information content (AvgIpc) is 2.82. The second-order valence-corrected chi connectivity index (χ2v) is 9.27. The third kappa shape index (κ3) is 4.13. The smallest absolute Gasteiger partial charge is 0.0642 e. The van der Waals surface area contributed by atoms with Crippen LogP contribution in [0.1, 0.15) is 25.3 Å². The van der Waals surface area contributed by atoms with E-state index in [0.29, 0.717) is 0 Å². The van der Waals surface area contributed by atoms with E-state index in [1.807, 2.05) is 11.8 Å². The highest BCUT2D eigenvalue weighted by Crippen LogP contribution is 2.48. The van der Waals surface area contributed by atoms with Crippen molar-refractivity contribution in [1.82, 2.24) is 0 Å². The van der Waals surface area contributed by atoms with Gasteiger partial charge in [-0.2, -0.15) is 0 Å². The van der Waals surface area contributed by atoms with Crippen molar-refractivity contribution in [1.29, 1.82) is 0 Å². The van der Waals surface area contributed by atoms with Crippen LogP contribution >= 0.6 is 11.8 Å². The number of morpholine rings is 2. The van der Waals surface area contributed by atoms with E-state index in [-0.39, 0.29) is 0 Å². The maximum Gasteiger partial charge on any atom is 0.0642 e. The summed E-state index contributed by atoms with van der Waals surface area (Å²) < 4.78 is 11.1. The molecular weight excluding hydrogens is 394 g/mol. The molecule has 0 saturated carbocycles. The number of nitrogens with zero attached hydrogens (tertiary/aromatic N) is 2. The van der Waals surface area contributed by atoms with Crippen LogP contribution in [0.25, 0.3) is 0 Å². The lowest BCUT2D eigenvalue weighted by Crippen LogP contribution is -2.36. The van der Waals surface area contributed by atoms with Gasteiger partial charge in [0.25, 0.3) is 0 Å². The van der Waals surface area contributed by atoms with E-state index in [1.165, 1.54) is 50.9 Å². The molecule has 3 aliphatic heterocycles. The van der Waals surface area contributed by atoms with E-state index in [4.69, 9.17) is 9.47 Å². The monoisotopic (exact) mass is 425 g/mol. The zero-order valence-electron chi connectivity index (χ0n) is 17.8. The predicted octanol–water partition coefficient (Wildman–Crippen LogP) is 4.91. The molecule has 160 valence electrons. The minimum Gasteiger partial charge on any atom is -0.378 e. The number of unbranched alkanes of at least 4 members (excludes halogenated alkanes) is 1. The molecule has 6 heteroatoms. The first-order valence-electron chi connectivity index (χ1n) is 11.2. The number of aryl methyl sites for hydroxylation is 1. The lowest BCUT2D eigenvalue weighted by Gasteiger charge is -2.32. The van der Waals surface area contributed by atoms with Gasteiger partial charge in [0.15, 0.2) is 0 Å². The number of hydrogen-bond donors (Lipinski definition) is 1. The van der Waals surface area contributed by atoms with Gasteiger partial charge in [-0.25, -0.2) is 0 Å². The van der Waals surface area contributed by atoms with E-state index in [2.05, 4.69) is 52.4 Å². The fraction of sp³-hybridized carbons (Fsp3) is 0.500. The van der Waals surface area contributed by atoms with Gasteiger partial charge in [0.1, 0.15) is 0 Å². The molecule has 2 aromatic rings. The highest BCUT2D eigenvalue weighted by molar-refractivity contribution is 7.99. The van der Waals surface area contributed by atoms with Gasteiger partial charge in [-0.3, -0.25) is 0 Å². The molecule has 1 N–H and O–H groups in total. The lowest BCUT2D eigenvalue weighted by atomic mass is 10.0. The molecular formula is C24H31N3O2S. The fourth-order valence-corrected chi connectivity index (χ4v) is 5.53. The summed E-state index contributed by atoms with van der Waals surface area (Å²) in [5.74, 6) is 0. The summed E-state index contributed by atoms with van der Waals surface area (Å²) in [6.45, 7) is 9.42. The maximum atomic E-state index is 5.57. The molecule has 3 aliphatic rings. The Balaban J connectivity index is 1.46. The van der Waals surface area contributed by atoms with Crippen LogP contribution in [0.3, 0.4) is 0 Å². The molecule has 0 aliphatic carbocycles. The largest absolute Gasteiger partial charge is 0.378 e. The molecule has 3 heterocycles. The highest BCUT2D eigenvalue weighted by Gasteiger charge is 2.23. The van der Waals surface area contributed by atoms with E-state index in [9.17, 15) is 0 Å². The van der Waals surface area contributed by atoms with E-state index < -0.39 is 0 Å². The molecule has 2 fully saturated rings. The number of benzene rings is 2. The van der Waals surface area contributed by atoms with Crippen molar-refractivity contribution in [2.24, 2.45) is 0 Å². The van der Waals surface area contributed by atoms with Gasteiger partial charge in [-0.05, 0) is 48.7 Å². The van der Waals surface area contributed by atoms with Crippen LogP contribution < -0.4 is 15.1 Å². The lowest BCUT2D eigenvalue weighted by molar-refractivity contribution is 0.122. The molecule has 0 spiro atoms. The van der Waals surface area contributed by atoms with Crippen LogP contribution in [0.15, 0.2) is 40.1 Å². The summed E-state index contributed by atoms with van der Waals surface area (Å²) in [5.41, 5.74) is 6.60. The SMILES string of the molecule is CCCCc1cc(N2CCOCC2)cc2c1Nc1ccc(N3CCOCC3)cc1S2. The van der Waals surface area contributed by atoms with Crippen LogP contribution in [0.4, 0.5) is 22.7 Å². The zero-order chi connectivity index (χ0) is 20.3. The Hall–Kier alpha value is -1.89. The predicted molar refractivity (Wildman–Crippen MR) is 125 cm³/mol. The Morgan fingerprint density at radius 1 is 0.867 bits per heavy atom. The molecule has 0 radical (unpaired) electrons. The number of hydrogen-bond acceptors (Lipinski definition) is 6. The quantitative estimate of drug-likeness (QED) is 0.626. The van der Waals surface area contributed by atoms with E-state index in [1.54, 1.807) is 0 Å². The topological polar surface area (TPSA) is 37.0 Å². The molecule has 2 saturated heterocycles. The summed E-state index contributed by atoms with van der Waals surface area (Å²) in [6, 6.07) is 11.6. The second-order valence-electron chi connectivity index (χ2n) is 8.19. The van der Waals surface area contributed by atoms with Crippen LogP contribution in [0, 0.1) is 0 Å².